The van der Waals surface area contributed by atoms with Crippen molar-refractivity contribution in [2.24, 2.45) is 0 Å². The number of nitrogens with zero attached hydrogens (tertiary/aromatic N) is 3. The van der Waals surface area contributed by atoms with Crippen molar-refractivity contribution in [3.8, 4) is 0 Å². The lowest BCUT2D eigenvalue weighted by atomic mass is 10.2. The molecule has 2 aromatic rings. The third-order valence-electron chi connectivity index (χ3n) is 2.54. The molecule has 0 aliphatic heterocycles. The van der Waals surface area contributed by atoms with Crippen molar-refractivity contribution in [2.75, 3.05) is 5.32 Å². The van der Waals surface area contributed by atoms with Gasteiger partial charge >= 0.3 is 0 Å². The minimum Gasteiger partial charge on any atom is -0.364 e. The molecular formula is C13H18N4. The molecule has 90 valence electrons. The number of aromatic nitrogens is 3. The molecule has 0 unspecified atom stereocenters. The van der Waals surface area contributed by atoms with Crippen molar-refractivity contribution in [1.82, 2.24) is 14.8 Å². The Morgan fingerprint density at radius 1 is 1.35 bits per heavy atom. The molecule has 2 rings (SSSR count). The minimum absolute atomic E-state index is 0.395. The van der Waals surface area contributed by atoms with Crippen LogP contribution in [0.5, 0.6) is 0 Å². The van der Waals surface area contributed by atoms with Crippen LogP contribution in [-0.2, 0) is 6.54 Å². The van der Waals surface area contributed by atoms with Gasteiger partial charge in [0.15, 0.2) is 0 Å². The second kappa shape index (κ2) is 4.99. The summed E-state index contributed by atoms with van der Waals surface area (Å²) < 4.78 is 1.94. The zero-order valence-corrected chi connectivity index (χ0v) is 10.5. The Morgan fingerprint density at radius 2 is 2.18 bits per heavy atom. The molecule has 4 heteroatoms. The zero-order valence-electron chi connectivity index (χ0n) is 10.5. The predicted octanol–water partition coefficient (Wildman–Crippen LogP) is 2.78. The van der Waals surface area contributed by atoms with Gasteiger partial charge in [0.1, 0.15) is 5.82 Å². The minimum atomic E-state index is 0.395. The molecule has 0 amide bonds. The van der Waals surface area contributed by atoms with Gasteiger partial charge in [-0.25, -0.2) is 0 Å². The summed E-state index contributed by atoms with van der Waals surface area (Å²) in [7, 11) is 0. The molecule has 0 aliphatic rings. The Hall–Kier alpha value is -1.84. The molecule has 4 nitrogen and oxygen atoms in total. The quantitative estimate of drug-likeness (QED) is 0.878. The van der Waals surface area contributed by atoms with E-state index in [0.717, 1.165) is 12.4 Å². The van der Waals surface area contributed by atoms with Gasteiger partial charge in [0.2, 0.25) is 0 Å². The van der Waals surface area contributed by atoms with E-state index in [2.05, 4.69) is 35.3 Å². The maximum absolute atomic E-state index is 4.43. The summed E-state index contributed by atoms with van der Waals surface area (Å²) in [5.74, 6) is 0.903. The first-order valence-electron chi connectivity index (χ1n) is 5.84. The van der Waals surface area contributed by atoms with Crippen LogP contribution in [0.25, 0.3) is 0 Å². The van der Waals surface area contributed by atoms with E-state index in [1.54, 1.807) is 0 Å². The van der Waals surface area contributed by atoms with Gasteiger partial charge in [0, 0.05) is 37.2 Å². The van der Waals surface area contributed by atoms with Crippen molar-refractivity contribution in [3.63, 3.8) is 0 Å². The van der Waals surface area contributed by atoms with E-state index in [1.165, 1.54) is 11.1 Å². The molecule has 0 saturated carbocycles. The van der Waals surface area contributed by atoms with Gasteiger partial charge in [0.25, 0.3) is 0 Å². The summed E-state index contributed by atoms with van der Waals surface area (Å²) in [5, 5.41) is 7.72. The number of aryl methyl sites for hydroxylation is 1. The van der Waals surface area contributed by atoms with Gasteiger partial charge in [-0.15, -0.1) is 0 Å². The molecule has 2 aromatic heterocycles. The van der Waals surface area contributed by atoms with E-state index in [1.807, 2.05) is 36.3 Å². The topological polar surface area (TPSA) is 42.7 Å². The van der Waals surface area contributed by atoms with E-state index in [0.29, 0.717) is 6.04 Å². The highest BCUT2D eigenvalue weighted by molar-refractivity contribution is 5.34. The van der Waals surface area contributed by atoms with Crippen molar-refractivity contribution in [3.05, 3.63) is 41.9 Å². The highest BCUT2D eigenvalue weighted by Crippen LogP contribution is 2.10. The molecule has 0 spiro atoms. The fourth-order valence-corrected chi connectivity index (χ4v) is 1.63. The number of rotatable bonds is 4. The smallest absolute Gasteiger partial charge is 0.148 e. The van der Waals surface area contributed by atoms with Crippen molar-refractivity contribution >= 4 is 5.82 Å². The lowest BCUT2D eigenvalue weighted by Gasteiger charge is -2.05. The van der Waals surface area contributed by atoms with E-state index < -0.39 is 0 Å². The summed E-state index contributed by atoms with van der Waals surface area (Å²) in [4.78, 5) is 4.16. The fraction of sp³-hybridized carbons (Fsp3) is 0.385. The van der Waals surface area contributed by atoms with Crippen LogP contribution in [0.4, 0.5) is 5.82 Å². The third kappa shape index (κ3) is 3.06. The summed E-state index contributed by atoms with van der Waals surface area (Å²) in [6.07, 6.45) is 5.72. The molecule has 0 atom stereocenters. The molecule has 1 N–H and O–H groups in total. The Bertz CT molecular complexity index is 488. The van der Waals surface area contributed by atoms with Crippen molar-refractivity contribution < 1.29 is 0 Å². The van der Waals surface area contributed by atoms with Crippen LogP contribution in [-0.4, -0.2) is 14.8 Å². The summed E-state index contributed by atoms with van der Waals surface area (Å²) in [6.45, 7) is 7.02. The Kier molecular flexibility index (Phi) is 3.42. The van der Waals surface area contributed by atoms with Gasteiger partial charge in [-0.1, -0.05) is 6.07 Å². The standard InChI is InChI=1S/C13H18N4/c1-10(2)17-5-4-13(16-17)15-9-12-6-11(3)7-14-8-12/h4-8,10H,9H2,1-3H3,(H,15,16). The van der Waals surface area contributed by atoms with Crippen molar-refractivity contribution in [2.45, 2.75) is 33.4 Å². The van der Waals surface area contributed by atoms with Crippen LogP contribution in [0.15, 0.2) is 30.7 Å². The third-order valence-corrected chi connectivity index (χ3v) is 2.54. The molecule has 0 aliphatic carbocycles. The van der Waals surface area contributed by atoms with E-state index in [-0.39, 0.29) is 0 Å². The first-order chi connectivity index (χ1) is 8.15. The van der Waals surface area contributed by atoms with E-state index in [4.69, 9.17) is 0 Å². The zero-order chi connectivity index (χ0) is 12.3. The lowest BCUT2D eigenvalue weighted by molar-refractivity contribution is 0.534. The molecule has 0 radical (unpaired) electrons. The average molecular weight is 230 g/mol. The molecule has 2 heterocycles. The second-order valence-corrected chi connectivity index (χ2v) is 4.50. The maximum Gasteiger partial charge on any atom is 0.148 e. The van der Waals surface area contributed by atoms with Crippen LogP contribution in [0.2, 0.25) is 0 Å². The normalized spacial score (nSPS) is 10.8. The molecule has 17 heavy (non-hydrogen) atoms. The Balaban J connectivity index is 1.97. The Labute approximate surface area is 102 Å². The lowest BCUT2D eigenvalue weighted by Crippen LogP contribution is -2.04. The highest BCUT2D eigenvalue weighted by Gasteiger charge is 2.01. The van der Waals surface area contributed by atoms with Crippen LogP contribution >= 0.6 is 0 Å². The molecular weight excluding hydrogens is 212 g/mol. The van der Waals surface area contributed by atoms with Crippen LogP contribution in [0.3, 0.4) is 0 Å². The first-order valence-corrected chi connectivity index (χ1v) is 5.84. The summed E-state index contributed by atoms with van der Waals surface area (Å²) >= 11 is 0. The van der Waals surface area contributed by atoms with Crippen LogP contribution in [0.1, 0.15) is 31.0 Å². The monoisotopic (exact) mass is 230 g/mol. The number of pyridine rings is 1. The summed E-state index contributed by atoms with van der Waals surface area (Å²) in [6, 6.07) is 4.51. The molecule has 0 saturated heterocycles. The summed E-state index contributed by atoms with van der Waals surface area (Å²) in [5.41, 5.74) is 2.35. The molecule has 0 bridgehead atoms. The van der Waals surface area contributed by atoms with Gasteiger partial charge in [0.05, 0.1) is 0 Å². The van der Waals surface area contributed by atoms with Crippen LogP contribution in [0, 0.1) is 6.92 Å². The van der Waals surface area contributed by atoms with Crippen molar-refractivity contribution in [1.29, 1.82) is 0 Å². The number of hydrogen-bond acceptors (Lipinski definition) is 3. The Morgan fingerprint density at radius 3 is 2.82 bits per heavy atom. The van der Waals surface area contributed by atoms with E-state index >= 15 is 0 Å². The average Bonchev–Trinajstić information content (AvgIpc) is 2.75. The largest absolute Gasteiger partial charge is 0.364 e. The van der Waals surface area contributed by atoms with E-state index in [9.17, 15) is 0 Å². The maximum atomic E-state index is 4.43. The highest BCUT2D eigenvalue weighted by atomic mass is 15.3. The molecule has 0 aromatic carbocycles. The second-order valence-electron chi connectivity index (χ2n) is 4.50. The number of nitrogens with one attached hydrogen (secondary N) is 1. The predicted molar refractivity (Wildman–Crippen MR) is 68.9 cm³/mol. The van der Waals surface area contributed by atoms with Gasteiger partial charge < -0.3 is 5.32 Å². The number of anilines is 1. The van der Waals surface area contributed by atoms with Gasteiger partial charge in [-0.05, 0) is 31.9 Å². The first kappa shape index (κ1) is 11.6. The molecule has 0 fully saturated rings. The van der Waals surface area contributed by atoms with Gasteiger partial charge in [-0.3, -0.25) is 9.67 Å². The SMILES string of the molecule is Cc1cncc(CNc2ccn(C(C)C)n2)c1. The van der Waals surface area contributed by atoms with Crippen LogP contribution < -0.4 is 5.32 Å². The number of hydrogen-bond donors (Lipinski definition) is 1. The fourth-order valence-electron chi connectivity index (χ4n) is 1.63. The van der Waals surface area contributed by atoms with Gasteiger partial charge in [-0.2, -0.15) is 5.10 Å².